The minimum Gasteiger partial charge on any atom is -0.444 e. The van der Waals surface area contributed by atoms with Crippen molar-refractivity contribution in [2.24, 2.45) is 7.05 Å². The van der Waals surface area contributed by atoms with Gasteiger partial charge in [-0.2, -0.15) is 5.10 Å². The average molecular weight is 402 g/mol. The molecule has 0 radical (unpaired) electrons. The Hall–Kier alpha value is -2.15. The smallest absolute Gasteiger partial charge is 0.222 e. The largest absolute Gasteiger partial charge is 0.444 e. The molecule has 1 fully saturated rings. The number of nitrogens with zero attached hydrogens (tertiary/aromatic N) is 5. The van der Waals surface area contributed by atoms with E-state index in [1.807, 2.05) is 29.7 Å². The van der Waals surface area contributed by atoms with Crippen molar-refractivity contribution in [3.05, 3.63) is 34.8 Å². The molecule has 0 atom stereocenters. The monoisotopic (exact) mass is 401 g/mol. The summed E-state index contributed by atoms with van der Waals surface area (Å²) in [7, 11) is 1.95. The Bertz CT molecular complexity index is 846. The van der Waals surface area contributed by atoms with Crippen LogP contribution < -0.4 is 0 Å². The first-order valence-electron chi connectivity index (χ1n) is 10.6. The Morgan fingerprint density at radius 1 is 1.17 bits per heavy atom. The van der Waals surface area contributed by atoms with E-state index in [1.54, 1.807) is 0 Å². The Morgan fingerprint density at radius 3 is 2.55 bits per heavy atom. The van der Waals surface area contributed by atoms with Crippen molar-refractivity contribution in [2.75, 3.05) is 26.2 Å². The molecule has 1 aliphatic heterocycles. The van der Waals surface area contributed by atoms with E-state index in [1.165, 1.54) is 5.56 Å². The first kappa shape index (κ1) is 21.6. The first-order chi connectivity index (χ1) is 13.6. The molecule has 0 N–H and O–H groups in total. The SMILES string of the molecule is Cc1nn(C)c(C)c1CCC(=O)N1CCCN(Cc2ncc(C(C)(C)C)o2)CC1. The second-order valence-corrected chi connectivity index (χ2v) is 9.15. The van der Waals surface area contributed by atoms with E-state index in [-0.39, 0.29) is 11.3 Å². The van der Waals surface area contributed by atoms with E-state index in [4.69, 9.17) is 4.42 Å². The number of amides is 1. The lowest BCUT2D eigenvalue weighted by atomic mass is 9.94. The molecular weight excluding hydrogens is 366 g/mol. The van der Waals surface area contributed by atoms with Gasteiger partial charge in [-0.15, -0.1) is 0 Å². The zero-order valence-corrected chi connectivity index (χ0v) is 18.8. The van der Waals surface area contributed by atoms with Crippen LogP contribution in [0.15, 0.2) is 10.6 Å². The zero-order chi connectivity index (χ0) is 21.2. The summed E-state index contributed by atoms with van der Waals surface area (Å²) in [5.74, 6) is 1.91. The van der Waals surface area contributed by atoms with Crippen LogP contribution in [0.5, 0.6) is 0 Å². The summed E-state index contributed by atoms with van der Waals surface area (Å²) in [6.07, 6.45) is 4.12. The van der Waals surface area contributed by atoms with Crippen LogP contribution in [0.1, 0.15) is 62.2 Å². The molecule has 2 aromatic rings. The van der Waals surface area contributed by atoms with E-state index in [0.717, 1.165) is 62.1 Å². The summed E-state index contributed by atoms with van der Waals surface area (Å²) in [5, 5.41) is 4.45. The van der Waals surface area contributed by atoms with Crippen LogP contribution in [0.25, 0.3) is 0 Å². The summed E-state index contributed by atoms with van der Waals surface area (Å²) in [6, 6.07) is 0. The van der Waals surface area contributed by atoms with E-state index in [9.17, 15) is 4.79 Å². The maximum absolute atomic E-state index is 12.8. The maximum atomic E-state index is 12.8. The Labute approximate surface area is 174 Å². The van der Waals surface area contributed by atoms with Gasteiger partial charge in [0.05, 0.1) is 18.4 Å². The molecule has 0 aliphatic carbocycles. The lowest BCUT2D eigenvalue weighted by molar-refractivity contribution is -0.131. The van der Waals surface area contributed by atoms with Gasteiger partial charge < -0.3 is 9.32 Å². The van der Waals surface area contributed by atoms with Crippen LogP contribution in [0, 0.1) is 13.8 Å². The molecule has 0 saturated carbocycles. The summed E-state index contributed by atoms with van der Waals surface area (Å²) in [6.45, 7) is 14.6. The van der Waals surface area contributed by atoms with Crippen LogP contribution in [-0.4, -0.2) is 56.7 Å². The summed E-state index contributed by atoms with van der Waals surface area (Å²) < 4.78 is 7.83. The van der Waals surface area contributed by atoms with Gasteiger partial charge >= 0.3 is 0 Å². The molecule has 0 spiro atoms. The van der Waals surface area contributed by atoms with Crippen molar-refractivity contribution in [3.63, 3.8) is 0 Å². The van der Waals surface area contributed by atoms with Gasteiger partial charge in [-0.3, -0.25) is 14.4 Å². The second-order valence-electron chi connectivity index (χ2n) is 9.15. The number of rotatable bonds is 5. The molecule has 3 rings (SSSR count). The maximum Gasteiger partial charge on any atom is 0.222 e. The average Bonchev–Trinajstić information content (AvgIpc) is 3.11. The summed E-state index contributed by atoms with van der Waals surface area (Å²) in [5.41, 5.74) is 3.35. The third kappa shape index (κ3) is 5.26. The Balaban J connectivity index is 1.51. The number of oxazole rings is 1. The first-order valence-corrected chi connectivity index (χ1v) is 10.6. The zero-order valence-electron chi connectivity index (χ0n) is 18.8. The fourth-order valence-electron chi connectivity index (χ4n) is 3.87. The molecule has 2 aromatic heterocycles. The molecule has 29 heavy (non-hydrogen) atoms. The number of aromatic nitrogens is 3. The van der Waals surface area contributed by atoms with Crippen LogP contribution in [0.2, 0.25) is 0 Å². The molecule has 1 aliphatic rings. The Morgan fingerprint density at radius 2 is 1.93 bits per heavy atom. The van der Waals surface area contributed by atoms with Crippen LogP contribution in [-0.2, 0) is 30.2 Å². The quantitative estimate of drug-likeness (QED) is 0.770. The minimum atomic E-state index is -0.0295. The molecule has 7 heteroatoms. The van der Waals surface area contributed by atoms with Gasteiger partial charge in [0.2, 0.25) is 11.8 Å². The minimum absolute atomic E-state index is 0.0295. The number of hydrogen-bond acceptors (Lipinski definition) is 5. The highest BCUT2D eigenvalue weighted by Gasteiger charge is 2.23. The van der Waals surface area contributed by atoms with Crippen molar-refractivity contribution < 1.29 is 9.21 Å². The van der Waals surface area contributed by atoms with Crippen molar-refractivity contribution in [1.82, 2.24) is 24.6 Å². The van der Waals surface area contributed by atoms with Gasteiger partial charge in [0, 0.05) is 50.8 Å². The normalized spacial score (nSPS) is 16.3. The number of carbonyl (C=O) groups is 1. The number of hydrogen-bond donors (Lipinski definition) is 0. The third-order valence-electron chi connectivity index (χ3n) is 5.84. The summed E-state index contributed by atoms with van der Waals surface area (Å²) in [4.78, 5) is 21.6. The highest BCUT2D eigenvalue weighted by molar-refractivity contribution is 5.76. The molecule has 1 saturated heterocycles. The van der Waals surface area contributed by atoms with Gasteiger partial charge in [0.1, 0.15) is 5.76 Å². The molecular formula is C22H35N5O2. The second kappa shape index (κ2) is 8.69. The van der Waals surface area contributed by atoms with Gasteiger partial charge in [-0.05, 0) is 32.3 Å². The van der Waals surface area contributed by atoms with E-state index in [0.29, 0.717) is 13.0 Å². The number of carbonyl (C=O) groups excluding carboxylic acids is 1. The highest BCUT2D eigenvalue weighted by atomic mass is 16.4. The predicted molar refractivity (Wildman–Crippen MR) is 113 cm³/mol. The molecule has 160 valence electrons. The van der Waals surface area contributed by atoms with E-state index >= 15 is 0 Å². The van der Waals surface area contributed by atoms with Crippen LogP contribution >= 0.6 is 0 Å². The van der Waals surface area contributed by atoms with E-state index in [2.05, 4.69) is 42.7 Å². The molecule has 0 bridgehead atoms. The lowest BCUT2D eigenvalue weighted by Gasteiger charge is -2.21. The predicted octanol–water partition coefficient (Wildman–Crippen LogP) is 2.99. The van der Waals surface area contributed by atoms with Crippen LogP contribution in [0.3, 0.4) is 0 Å². The Kier molecular flexibility index (Phi) is 6.46. The van der Waals surface area contributed by atoms with Crippen LogP contribution in [0.4, 0.5) is 0 Å². The fraction of sp³-hybridized carbons (Fsp3) is 0.682. The van der Waals surface area contributed by atoms with Gasteiger partial charge in [0.15, 0.2) is 0 Å². The highest BCUT2D eigenvalue weighted by Crippen LogP contribution is 2.23. The molecule has 0 aromatic carbocycles. The van der Waals surface area contributed by atoms with Crippen molar-refractivity contribution in [3.8, 4) is 0 Å². The topological polar surface area (TPSA) is 67.4 Å². The molecule has 1 amide bonds. The van der Waals surface area contributed by atoms with Crippen molar-refractivity contribution in [2.45, 2.75) is 65.8 Å². The van der Waals surface area contributed by atoms with Gasteiger partial charge in [0.25, 0.3) is 0 Å². The molecule has 3 heterocycles. The third-order valence-corrected chi connectivity index (χ3v) is 5.84. The lowest BCUT2D eigenvalue weighted by Crippen LogP contribution is -2.35. The van der Waals surface area contributed by atoms with Crippen molar-refractivity contribution >= 4 is 5.91 Å². The molecule has 7 nitrogen and oxygen atoms in total. The van der Waals surface area contributed by atoms with Gasteiger partial charge in [-0.25, -0.2) is 4.98 Å². The van der Waals surface area contributed by atoms with E-state index < -0.39 is 0 Å². The summed E-state index contributed by atoms with van der Waals surface area (Å²) >= 11 is 0. The van der Waals surface area contributed by atoms with Crippen molar-refractivity contribution in [1.29, 1.82) is 0 Å². The fourth-order valence-corrected chi connectivity index (χ4v) is 3.87. The van der Waals surface area contributed by atoms with Gasteiger partial charge in [-0.1, -0.05) is 20.8 Å². The standard InChI is InChI=1S/C22H35N5O2/c1-16-18(17(2)25(6)24-16)8-9-21(28)27-11-7-10-26(12-13-27)15-20-23-14-19(29-20)22(3,4)5/h14H,7-13,15H2,1-6H3. The number of aryl methyl sites for hydroxylation is 2. The molecule has 0 unspecified atom stereocenters.